The summed E-state index contributed by atoms with van der Waals surface area (Å²) in [6.07, 6.45) is 0. The molecule has 0 saturated carbocycles. The van der Waals surface area contributed by atoms with Crippen molar-refractivity contribution in [3.63, 3.8) is 0 Å². The standard InChI is InChI=1S/C28H22N6O4S2/c1-35-21-13-18(14-22(36-2)23(21)37-3)25-32-28(40-34-25)29-19-11-9-17(10-12-19)24-31-26(38-33-24)27-30-20(15-39-27)16-7-5-4-6-8-16/h4-15H,1-3H3,(H,29,32,34). The van der Waals surface area contributed by atoms with E-state index in [9.17, 15) is 0 Å². The maximum atomic E-state index is 5.50. The average Bonchev–Trinajstić information content (AvgIpc) is 3.78. The van der Waals surface area contributed by atoms with Gasteiger partial charge >= 0.3 is 0 Å². The van der Waals surface area contributed by atoms with Gasteiger partial charge in [-0.05, 0) is 36.4 Å². The molecule has 6 rings (SSSR count). The molecule has 0 aliphatic carbocycles. The van der Waals surface area contributed by atoms with E-state index in [-0.39, 0.29) is 0 Å². The van der Waals surface area contributed by atoms with Crippen LogP contribution in [0.2, 0.25) is 0 Å². The molecule has 3 aromatic carbocycles. The van der Waals surface area contributed by atoms with Crippen LogP contribution in [0.1, 0.15) is 0 Å². The third kappa shape index (κ3) is 5.09. The number of nitrogens with zero attached hydrogens (tertiary/aromatic N) is 5. The molecular weight excluding hydrogens is 548 g/mol. The molecule has 6 aromatic rings. The van der Waals surface area contributed by atoms with E-state index in [2.05, 4.69) is 29.8 Å². The van der Waals surface area contributed by atoms with Gasteiger partial charge < -0.3 is 24.1 Å². The summed E-state index contributed by atoms with van der Waals surface area (Å²) < 4.78 is 26.3. The van der Waals surface area contributed by atoms with Crippen molar-refractivity contribution in [1.82, 2.24) is 24.5 Å². The number of hydrogen-bond acceptors (Lipinski definition) is 12. The monoisotopic (exact) mass is 570 g/mol. The third-order valence-electron chi connectivity index (χ3n) is 5.93. The lowest BCUT2D eigenvalue weighted by atomic mass is 10.1. The summed E-state index contributed by atoms with van der Waals surface area (Å²) in [7, 11) is 4.71. The van der Waals surface area contributed by atoms with Gasteiger partial charge in [-0.25, -0.2) is 4.98 Å². The Bertz CT molecular complexity index is 1720. The summed E-state index contributed by atoms with van der Waals surface area (Å²) in [6, 6.07) is 21.3. The van der Waals surface area contributed by atoms with E-state index >= 15 is 0 Å². The van der Waals surface area contributed by atoms with Crippen molar-refractivity contribution in [2.75, 3.05) is 26.6 Å². The van der Waals surface area contributed by atoms with Crippen molar-refractivity contribution < 1.29 is 18.7 Å². The lowest BCUT2D eigenvalue weighted by Gasteiger charge is -2.12. The third-order valence-corrected chi connectivity index (χ3v) is 7.39. The molecule has 0 aliphatic heterocycles. The fourth-order valence-electron chi connectivity index (χ4n) is 3.97. The Morgan fingerprint density at radius 1 is 0.750 bits per heavy atom. The zero-order valence-corrected chi connectivity index (χ0v) is 23.2. The Morgan fingerprint density at radius 3 is 2.20 bits per heavy atom. The maximum Gasteiger partial charge on any atom is 0.287 e. The Hall–Kier alpha value is -4.81. The lowest BCUT2D eigenvalue weighted by molar-refractivity contribution is 0.324. The van der Waals surface area contributed by atoms with Crippen molar-refractivity contribution in [3.05, 3.63) is 72.1 Å². The summed E-state index contributed by atoms with van der Waals surface area (Å²) >= 11 is 2.71. The van der Waals surface area contributed by atoms with Crippen LogP contribution in [-0.2, 0) is 0 Å². The fourth-order valence-corrected chi connectivity index (χ4v) is 5.33. The fraction of sp³-hybridized carbons (Fsp3) is 0.107. The van der Waals surface area contributed by atoms with Crippen molar-refractivity contribution in [2.45, 2.75) is 0 Å². The summed E-state index contributed by atoms with van der Waals surface area (Å²) in [5.41, 5.74) is 4.32. The van der Waals surface area contributed by atoms with E-state index in [0.29, 0.717) is 44.9 Å². The molecule has 12 heteroatoms. The number of thiazole rings is 1. The van der Waals surface area contributed by atoms with Gasteiger partial charge in [0.2, 0.25) is 16.7 Å². The molecule has 0 amide bonds. The SMILES string of the molecule is COc1cc(-c2nsc(Nc3ccc(-c4noc(-c5nc(-c6ccccc6)cs5)n4)cc3)n2)cc(OC)c1OC. The number of rotatable bonds is 9. The molecule has 0 bridgehead atoms. The summed E-state index contributed by atoms with van der Waals surface area (Å²) in [4.78, 5) is 13.8. The molecular formula is C28H22N6O4S2. The van der Waals surface area contributed by atoms with E-state index in [1.807, 2.05) is 72.1 Å². The molecule has 0 radical (unpaired) electrons. The molecule has 0 spiro atoms. The minimum Gasteiger partial charge on any atom is -0.493 e. The van der Waals surface area contributed by atoms with Gasteiger partial charge in [-0.2, -0.15) is 14.3 Å². The number of benzene rings is 3. The first-order chi connectivity index (χ1) is 19.6. The summed E-state index contributed by atoms with van der Waals surface area (Å²) in [5.74, 6) is 3.00. The number of ether oxygens (including phenoxy) is 3. The van der Waals surface area contributed by atoms with Gasteiger partial charge in [0.1, 0.15) is 0 Å². The van der Waals surface area contributed by atoms with Crippen molar-refractivity contribution in [2.24, 2.45) is 0 Å². The Morgan fingerprint density at radius 2 is 1.50 bits per heavy atom. The second-order valence-electron chi connectivity index (χ2n) is 8.37. The van der Waals surface area contributed by atoms with Gasteiger partial charge in [0, 0.05) is 39.3 Å². The molecule has 1 N–H and O–H groups in total. The number of methoxy groups -OCH3 is 3. The maximum absolute atomic E-state index is 5.50. The van der Waals surface area contributed by atoms with Gasteiger partial charge in [-0.3, -0.25) is 0 Å². The predicted molar refractivity (Wildman–Crippen MR) is 155 cm³/mol. The van der Waals surface area contributed by atoms with Crippen LogP contribution in [0.5, 0.6) is 17.2 Å². The molecule has 10 nitrogen and oxygen atoms in total. The van der Waals surface area contributed by atoms with E-state index in [0.717, 1.165) is 28.1 Å². The van der Waals surface area contributed by atoms with Crippen LogP contribution in [-0.4, -0.2) is 45.8 Å². The first-order valence-corrected chi connectivity index (χ1v) is 13.7. The van der Waals surface area contributed by atoms with Gasteiger partial charge in [0.25, 0.3) is 5.89 Å². The average molecular weight is 571 g/mol. The number of anilines is 2. The quantitative estimate of drug-likeness (QED) is 0.198. The first-order valence-electron chi connectivity index (χ1n) is 12.0. The van der Waals surface area contributed by atoms with Crippen LogP contribution in [0, 0.1) is 0 Å². The number of nitrogens with one attached hydrogen (secondary N) is 1. The van der Waals surface area contributed by atoms with Crippen LogP contribution in [0.4, 0.5) is 10.8 Å². The van der Waals surface area contributed by atoms with Crippen LogP contribution in [0.25, 0.3) is 44.9 Å². The molecule has 3 heterocycles. The first kappa shape index (κ1) is 25.5. The minimum atomic E-state index is 0.387. The van der Waals surface area contributed by atoms with Gasteiger partial charge in [0.05, 0.1) is 27.0 Å². The van der Waals surface area contributed by atoms with Crippen LogP contribution in [0.15, 0.2) is 76.6 Å². The highest BCUT2D eigenvalue weighted by Gasteiger charge is 2.18. The topological polar surface area (TPSA) is 117 Å². The predicted octanol–water partition coefficient (Wildman–Crippen LogP) is 6.82. The smallest absolute Gasteiger partial charge is 0.287 e. The van der Waals surface area contributed by atoms with Crippen LogP contribution >= 0.6 is 22.9 Å². The van der Waals surface area contributed by atoms with Gasteiger partial charge in [-0.1, -0.05) is 35.5 Å². The highest BCUT2D eigenvalue weighted by atomic mass is 32.1. The van der Waals surface area contributed by atoms with Crippen molar-refractivity contribution >= 4 is 33.7 Å². The minimum absolute atomic E-state index is 0.387. The van der Waals surface area contributed by atoms with Gasteiger partial charge in [0.15, 0.2) is 22.3 Å². The van der Waals surface area contributed by atoms with Crippen LogP contribution < -0.4 is 19.5 Å². The van der Waals surface area contributed by atoms with Gasteiger partial charge in [-0.15, -0.1) is 11.3 Å². The Balaban J connectivity index is 1.16. The lowest BCUT2D eigenvalue weighted by Crippen LogP contribution is -1.96. The number of hydrogen-bond donors (Lipinski definition) is 1. The van der Waals surface area contributed by atoms with E-state index in [1.165, 1.54) is 22.9 Å². The molecule has 0 fully saturated rings. The second kappa shape index (κ2) is 11.1. The molecule has 40 heavy (non-hydrogen) atoms. The Kier molecular flexibility index (Phi) is 7.08. The Labute approximate surface area is 237 Å². The summed E-state index contributed by atoms with van der Waals surface area (Å²) in [6.45, 7) is 0. The molecule has 0 atom stereocenters. The molecule has 0 saturated heterocycles. The molecule has 3 aromatic heterocycles. The van der Waals surface area contributed by atoms with E-state index in [1.54, 1.807) is 21.3 Å². The van der Waals surface area contributed by atoms with E-state index < -0.39 is 0 Å². The van der Waals surface area contributed by atoms with Crippen LogP contribution in [0.3, 0.4) is 0 Å². The highest BCUT2D eigenvalue weighted by Crippen LogP contribution is 2.41. The molecule has 0 aliphatic rings. The largest absolute Gasteiger partial charge is 0.493 e. The van der Waals surface area contributed by atoms with Crippen molar-refractivity contribution in [3.8, 4) is 62.2 Å². The molecule has 200 valence electrons. The second-order valence-corrected chi connectivity index (χ2v) is 9.98. The highest BCUT2D eigenvalue weighted by molar-refractivity contribution is 7.13. The molecule has 0 unspecified atom stereocenters. The number of aromatic nitrogens is 5. The normalized spacial score (nSPS) is 10.9. The zero-order valence-electron chi connectivity index (χ0n) is 21.6. The van der Waals surface area contributed by atoms with E-state index in [4.69, 9.17) is 18.7 Å². The zero-order chi connectivity index (χ0) is 27.5. The summed E-state index contributed by atoms with van der Waals surface area (Å²) in [5, 5.41) is 10.7. The van der Waals surface area contributed by atoms with Crippen molar-refractivity contribution in [1.29, 1.82) is 0 Å².